The molecule has 4 heteroatoms. The molecule has 0 bridgehead atoms. The van der Waals surface area contributed by atoms with E-state index >= 15 is 0 Å². The van der Waals surface area contributed by atoms with Crippen molar-refractivity contribution in [1.29, 1.82) is 5.26 Å². The van der Waals surface area contributed by atoms with Crippen LogP contribution in [0.25, 0.3) is 6.08 Å². The van der Waals surface area contributed by atoms with Crippen LogP contribution in [0.4, 0.5) is 5.82 Å². The van der Waals surface area contributed by atoms with Gasteiger partial charge in [-0.1, -0.05) is 12.7 Å². The van der Waals surface area contributed by atoms with Gasteiger partial charge in [0.2, 0.25) is 0 Å². The summed E-state index contributed by atoms with van der Waals surface area (Å²) in [6.07, 6.45) is 4.94. The largest absolute Gasteiger partial charge is 0.496 e. The molecule has 0 radical (unpaired) electrons. The van der Waals surface area contributed by atoms with Gasteiger partial charge >= 0.3 is 0 Å². The average molecular weight is 175 g/mol. The van der Waals surface area contributed by atoms with Crippen molar-refractivity contribution in [3.8, 4) is 11.9 Å². The van der Waals surface area contributed by atoms with Crippen molar-refractivity contribution in [3.63, 3.8) is 0 Å². The van der Waals surface area contributed by atoms with Gasteiger partial charge in [-0.05, 0) is 6.07 Å². The minimum Gasteiger partial charge on any atom is -0.496 e. The summed E-state index contributed by atoms with van der Waals surface area (Å²) >= 11 is 0. The lowest BCUT2D eigenvalue weighted by Gasteiger charge is -2.06. The Balaban J connectivity index is 3.20. The molecule has 1 rings (SSSR count). The number of hydrogen-bond donors (Lipinski definition) is 1. The van der Waals surface area contributed by atoms with Crippen molar-refractivity contribution in [2.45, 2.75) is 0 Å². The fraction of sp³-hybridized carbons (Fsp3) is 0.111. The van der Waals surface area contributed by atoms with Crippen LogP contribution >= 0.6 is 0 Å². The van der Waals surface area contributed by atoms with Crippen LogP contribution < -0.4 is 10.1 Å². The Morgan fingerprint density at radius 2 is 2.54 bits per heavy atom. The number of nitrogens with one attached hydrogen (secondary N) is 1. The summed E-state index contributed by atoms with van der Waals surface area (Å²) in [6, 6.07) is 1.71. The highest BCUT2D eigenvalue weighted by Crippen LogP contribution is 2.24. The quantitative estimate of drug-likeness (QED) is 0.560. The van der Waals surface area contributed by atoms with E-state index in [1.165, 1.54) is 0 Å². The molecular weight excluding hydrogens is 166 g/mol. The molecule has 0 aliphatic rings. The second kappa shape index (κ2) is 4.12. The molecular formula is C9H9N3O. The van der Waals surface area contributed by atoms with E-state index in [0.29, 0.717) is 17.1 Å². The minimum absolute atomic E-state index is 0.455. The molecule has 1 heterocycles. The Morgan fingerprint density at radius 1 is 1.77 bits per heavy atom. The van der Waals surface area contributed by atoms with Crippen LogP contribution in [0, 0.1) is 11.5 Å². The lowest BCUT2D eigenvalue weighted by atomic mass is 10.2. The van der Waals surface area contributed by atoms with Gasteiger partial charge in [0.25, 0.3) is 0 Å². The third-order valence-corrected chi connectivity index (χ3v) is 1.55. The second-order valence-corrected chi connectivity index (χ2v) is 2.22. The van der Waals surface area contributed by atoms with Crippen molar-refractivity contribution >= 4 is 11.9 Å². The van der Waals surface area contributed by atoms with Gasteiger partial charge in [-0.2, -0.15) is 5.26 Å². The number of pyridine rings is 1. The van der Waals surface area contributed by atoms with Crippen LogP contribution in [0.15, 0.2) is 18.8 Å². The summed E-state index contributed by atoms with van der Waals surface area (Å²) in [5.41, 5.74) is 0.687. The summed E-state index contributed by atoms with van der Waals surface area (Å²) in [7, 11) is 1.55. The first-order valence-corrected chi connectivity index (χ1v) is 3.64. The van der Waals surface area contributed by atoms with E-state index in [1.807, 2.05) is 0 Å². The summed E-state index contributed by atoms with van der Waals surface area (Å²) in [6.45, 7) is 3.61. The lowest BCUT2D eigenvalue weighted by Crippen LogP contribution is -1.97. The molecule has 1 N–H and O–H groups in total. The van der Waals surface area contributed by atoms with Gasteiger partial charge < -0.3 is 4.74 Å². The Morgan fingerprint density at radius 3 is 3.08 bits per heavy atom. The highest BCUT2D eigenvalue weighted by Gasteiger charge is 2.05. The average Bonchev–Trinajstić information content (AvgIpc) is 2.18. The third kappa shape index (κ3) is 1.76. The molecule has 0 aromatic carbocycles. The molecule has 0 aliphatic heterocycles. The number of nitriles is 1. The number of nitrogens with zero attached hydrogens (tertiary/aromatic N) is 2. The first kappa shape index (κ1) is 9.07. The van der Waals surface area contributed by atoms with E-state index in [4.69, 9.17) is 10.00 Å². The Labute approximate surface area is 76.5 Å². The van der Waals surface area contributed by atoms with Gasteiger partial charge in [0.15, 0.2) is 6.19 Å². The van der Waals surface area contributed by atoms with Crippen molar-refractivity contribution < 1.29 is 4.74 Å². The molecule has 0 aliphatic carbocycles. The number of rotatable bonds is 3. The number of methoxy groups -OCH3 is 1. The van der Waals surface area contributed by atoms with Crippen LogP contribution in [0.3, 0.4) is 0 Å². The Kier molecular flexibility index (Phi) is 2.87. The molecule has 0 unspecified atom stereocenters. The predicted molar refractivity (Wildman–Crippen MR) is 50.1 cm³/mol. The summed E-state index contributed by atoms with van der Waals surface area (Å²) in [4.78, 5) is 3.96. The molecule has 13 heavy (non-hydrogen) atoms. The predicted octanol–water partition coefficient (Wildman–Crippen LogP) is 1.63. The zero-order valence-electron chi connectivity index (χ0n) is 7.24. The normalized spacial score (nSPS) is 8.62. The summed E-state index contributed by atoms with van der Waals surface area (Å²) in [5, 5.41) is 10.9. The molecule has 66 valence electrons. The van der Waals surface area contributed by atoms with E-state index in [9.17, 15) is 0 Å². The van der Waals surface area contributed by atoms with Crippen LogP contribution in [0.5, 0.6) is 5.75 Å². The number of hydrogen-bond acceptors (Lipinski definition) is 4. The van der Waals surface area contributed by atoms with Crippen molar-refractivity contribution in [1.82, 2.24) is 4.98 Å². The van der Waals surface area contributed by atoms with E-state index in [1.54, 1.807) is 31.6 Å². The fourth-order valence-electron chi connectivity index (χ4n) is 0.983. The molecule has 0 amide bonds. The van der Waals surface area contributed by atoms with Crippen LogP contribution in [-0.2, 0) is 0 Å². The highest BCUT2D eigenvalue weighted by molar-refractivity contribution is 5.68. The lowest BCUT2D eigenvalue weighted by molar-refractivity contribution is 0.413. The highest BCUT2D eigenvalue weighted by atomic mass is 16.5. The van der Waals surface area contributed by atoms with Crippen LogP contribution in [0.1, 0.15) is 5.56 Å². The molecule has 0 fully saturated rings. The summed E-state index contributed by atoms with van der Waals surface area (Å²) in [5.74, 6) is 1.10. The summed E-state index contributed by atoms with van der Waals surface area (Å²) < 4.78 is 5.06. The molecule has 1 aromatic heterocycles. The Hall–Kier alpha value is -2.02. The van der Waals surface area contributed by atoms with E-state index < -0.39 is 0 Å². The van der Waals surface area contributed by atoms with Crippen molar-refractivity contribution in [3.05, 3.63) is 24.4 Å². The standard InChI is InChI=1S/C9H9N3O/c1-3-7-8(13-2)4-5-11-9(7)12-6-10/h3-5H,1H2,2H3,(H,11,12). The molecule has 0 saturated heterocycles. The fourth-order valence-corrected chi connectivity index (χ4v) is 0.983. The SMILES string of the molecule is C=Cc1c(OC)ccnc1NC#N. The van der Waals surface area contributed by atoms with Gasteiger partial charge in [-0.3, -0.25) is 5.32 Å². The molecule has 0 saturated carbocycles. The van der Waals surface area contributed by atoms with Crippen molar-refractivity contribution in [2.24, 2.45) is 0 Å². The maximum absolute atomic E-state index is 8.43. The molecule has 4 nitrogen and oxygen atoms in total. The van der Waals surface area contributed by atoms with Crippen LogP contribution in [-0.4, -0.2) is 12.1 Å². The monoisotopic (exact) mass is 175 g/mol. The zero-order valence-corrected chi connectivity index (χ0v) is 7.24. The van der Waals surface area contributed by atoms with Crippen LogP contribution in [0.2, 0.25) is 0 Å². The van der Waals surface area contributed by atoms with E-state index in [0.717, 1.165) is 0 Å². The minimum atomic E-state index is 0.455. The third-order valence-electron chi connectivity index (χ3n) is 1.55. The van der Waals surface area contributed by atoms with Crippen molar-refractivity contribution in [2.75, 3.05) is 12.4 Å². The second-order valence-electron chi connectivity index (χ2n) is 2.22. The first-order chi connectivity index (χ1) is 6.33. The van der Waals surface area contributed by atoms with Gasteiger partial charge in [0, 0.05) is 6.20 Å². The van der Waals surface area contributed by atoms with Gasteiger partial charge in [0.05, 0.1) is 12.7 Å². The molecule has 1 aromatic rings. The van der Waals surface area contributed by atoms with E-state index in [-0.39, 0.29) is 0 Å². The number of aromatic nitrogens is 1. The number of ether oxygens (including phenoxy) is 1. The van der Waals surface area contributed by atoms with E-state index in [2.05, 4.69) is 16.9 Å². The first-order valence-electron chi connectivity index (χ1n) is 3.64. The zero-order chi connectivity index (χ0) is 9.68. The number of anilines is 1. The Bertz CT molecular complexity index is 354. The molecule has 0 atom stereocenters. The maximum atomic E-state index is 8.43. The van der Waals surface area contributed by atoms with Gasteiger partial charge in [0.1, 0.15) is 11.6 Å². The molecule has 0 spiro atoms. The maximum Gasteiger partial charge on any atom is 0.182 e. The van der Waals surface area contributed by atoms with Gasteiger partial charge in [-0.15, -0.1) is 0 Å². The topological polar surface area (TPSA) is 57.9 Å². The smallest absolute Gasteiger partial charge is 0.182 e. The van der Waals surface area contributed by atoms with Gasteiger partial charge in [-0.25, -0.2) is 4.98 Å².